The lowest BCUT2D eigenvalue weighted by molar-refractivity contribution is -0.135. The van der Waals surface area contributed by atoms with Gasteiger partial charge in [-0.05, 0) is 55.3 Å². The number of amides is 2. The molecule has 0 radical (unpaired) electrons. The van der Waals surface area contributed by atoms with Crippen LogP contribution in [0.3, 0.4) is 0 Å². The maximum absolute atomic E-state index is 14.1. The Morgan fingerprint density at radius 3 is 2.64 bits per heavy atom. The number of Topliss-reactive ketones (excluding diaryl/α,β-unsaturated/α-hetero) is 1. The number of nitrogens with zero attached hydrogens (tertiary/aromatic N) is 2. The number of ketones is 1. The van der Waals surface area contributed by atoms with Gasteiger partial charge >= 0.3 is 0 Å². The Labute approximate surface area is 215 Å². The largest absolute Gasteiger partial charge is 0.340 e. The first-order valence-electron chi connectivity index (χ1n) is 12.4. The van der Waals surface area contributed by atoms with Crippen LogP contribution in [-0.4, -0.2) is 60.5 Å². The molecule has 0 bridgehead atoms. The van der Waals surface area contributed by atoms with Crippen molar-refractivity contribution in [2.24, 2.45) is 5.92 Å². The average molecular weight is 533 g/mol. The SMILES string of the molecule is O=C(NC(CC1CCCCC1)C(=O)N([C@H]1CCCNCC1=O)S(=O)(=O)c1ccccn1)c1ccsc1. The third kappa shape index (κ3) is 6.19. The first kappa shape index (κ1) is 26.4. The number of carbonyl (C=O) groups excluding carboxylic acids is 3. The van der Waals surface area contributed by atoms with Crippen LogP contribution in [0.5, 0.6) is 0 Å². The molecule has 2 fully saturated rings. The van der Waals surface area contributed by atoms with Gasteiger partial charge in [0.1, 0.15) is 12.1 Å². The van der Waals surface area contributed by atoms with Gasteiger partial charge in [0.05, 0.1) is 12.1 Å². The van der Waals surface area contributed by atoms with Gasteiger partial charge in [0, 0.05) is 11.6 Å². The molecule has 1 aliphatic heterocycles. The number of sulfonamides is 1. The Hall–Kier alpha value is -2.63. The molecule has 1 aliphatic carbocycles. The normalized spacial score (nSPS) is 20.3. The fourth-order valence-corrected chi connectivity index (χ4v) is 7.17. The summed E-state index contributed by atoms with van der Waals surface area (Å²) >= 11 is 1.36. The quantitative estimate of drug-likeness (QED) is 0.535. The van der Waals surface area contributed by atoms with E-state index >= 15 is 0 Å². The minimum atomic E-state index is -4.45. The molecule has 2 aliphatic rings. The lowest BCUT2D eigenvalue weighted by Crippen LogP contribution is -2.57. The third-order valence-electron chi connectivity index (χ3n) is 6.84. The molecule has 9 nitrogen and oxygen atoms in total. The smallest absolute Gasteiger partial charge is 0.284 e. The average Bonchev–Trinajstić information content (AvgIpc) is 3.35. The van der Waals surface area contributed by atoms with Crippen LogP contribution in [0.25, 0.3) is 0 Å². The number of thiophene rings is 1. The van der Waals surface area contributed by atoms with Crippen LogP contribution >= 0.6 is 11.3 Å². The van der Waals surface area contributed by atoms with Gasteiger partial charge in [-0.25, -0.2) is 9.29 Å². The van der Waals surface area contributed by atoms with E-state index in [9.17, 15) is 22.8 Å². The number of pyridine rings is 1. The molecule has 2 amide bonds. The molecular formula is C25H32N4O5S2. The summed E-state index contributed by atoms with van der Waals surface area (Å²) in [6, 6.07) is 3.84. The molecule has 0 aromatic carbocycles. The van der Waals surface area contributed by atoms with Crippen LogP contribution in [0.4, 0.5) is 0 Å². The maximum atomic E-state index is 14.1. The molecule has 2 aromatic rings. The fraction of sp³-hybridized carbons (Fsp3) is 0.520. The van der Waals surface area contributed by atoms with Crippen LogP contribution in [0.2, 0.25) is 0 Å². The van der Waals surface area contributed by atoms with E-state index < -0.39 is 33.9 Å². The van der Waals surface area contributed by atoms with E-state index in [2.05, 4.69) is 15.6 Å². The standard InChI is InChI=1S/C25H32N4O5S2/c30-22-16-26-12-6-9-21(22)29(36(33,34)23-10-4-5-13-27-23)25(32)20(15-18-7-2-1-3-8-18)28-24(31)19-11-14-35-17-19/h4-5,10-11,13-14,17-18,20-21,26H,1-3,6-9,12,15-16H2,(H,28,31)/t20?,21-/m0/s1. The molecule has 194 valence electrons. The predicted octanol–water partition coefficient (Wildman–Crippen LogP) is 2.75. The lowest BCUT2D eigenvalue weighted by Gasteiger charge is -2.34. The van der Waals surface area contributed by atoms with Crippen molar-refractivity contribution < 1.29 is 22.8 Å². The monoisotopic (exact) mass is 532 g/mol. The molecule has 36 heavy (non-hydrogen) atoms. The molecule has 0 spiro atoms. The van der Waals surface area contributed by atoms with E-state index in [-0.39, 0.29) is 29.7 Å². The molecule has 2 aromatic heterocycles. The zero-order chi connectivity index (χ0) is 25.5. The Morgan fingerprint density at radius 1 is 1.14 bits per heavy atom. The van der Waals surface area contributed by atoms with Crippen LogP contribution in [0.15, 0.2) is 46.2 Å². The highest BCUT2D eigenvalue weighted by atomic mass is 32.2. The molecule has 1 saturated heterocycles. The van der Waals surface area contributed by atoms with E-state index in [1.54, 1.807) is 22.9 Å². The number of carbonyl (C=O) groups is 3. The minimum Gasteiger partial charge on any atom is -0.340 e. The van der Waals surface area contributed by atoms with Crippen molar-refractivity contribution >= 4 is 39.0 Å². The first-order chi connectivity index (χ1) is 17.4. The highest BCUT2D eigenvalue weighted by Crippen LogP contribution is 2.30. The van der Waals surface area contributed by atoms with Crippen LogP contribution in [0.1, 0.15) is 61.7 Å². The van der Waals surface area contributed by atoms with E-state index in [0.29, 0.717) is 29.3 Å². The second kappa shape index (κ2) is 12.1. The summed E-state index contributed by atoms with van der Waals surface area (Å²) in [5, 5.41) is 8.94. The van der Waals surface area contributed by atoms with Gasteiger partial charge in [-0.2, -0.15) is 19.8 Å². The van der Waals surface area contributed by atoms with Crippen molar-refractivity contribution in [2.45, 2.75) is 68.5 Å². The molecule has 4 rings (SSSR count). The second-order valence-corrected chi connectivity index (χ2v) is 11.9. The molecular weight excluding hydrogens is 500 g/mol. The highest BCUT2D eigenvalue weighted by molar-refractivity contribution is 7.89. The van der Waals surface area contributed by atoms with Crippen molar-refractivity contribution in [2.75, 3.05) is 13.1 Å². The van der Waals surface area contributed by atoms with E-state index in [0.717, 1.165) is 32.1 Å². The zero-order valence-electron chi connectivity index (χ0n) is 20.1. The summed E-state index contributed by atoms with van der Waals surface area (Å²) < 4.78 is 28.3. The predicted molar refractivity (Wildman–Crippen MR) is 136 cm³/mol. The Bertz CT molecular complexity index is 1150. The van der Waals surface area contributed by atoms with Crippen molar-refractivity contribution in [3.05, 3.63) is 46.8 Å². The topological polar surface area (TPSA) is 126 Å². The van der Waals surface area contributed by atoms with Crippen molar-refractivity contribution in [1.82, 2.24) is 19.9 Å². The van der Waals surface area contributed by atoms with Crippen molar-refractivity contribution in [1.29, 1.82) is 0 Å². The van der Waals surface area contributed by atoms with Crippen LogP contribution < -0.4 is 10.6 Å². The van der Waals surface area contributed by atoms with Gasteiger partial charge in [-0.15, -0.1) is 0 Å². The van der Waals surface area contributed by atoms with Gasteiger partial charge in [-0.1, -0.05) is 38.2 Å². The Kier molecular flexibility index (Phi) is 8.86. The van der Waals surface area contributed by atoms with Crippen LogP contribution in [0, 0.1) is 5.92 Å². The van der Waals surface area contributed by atoms with Gasteiger partial charge < -0.3 is 10.6 Å². The zero-order valence-corrected chi connectivity index (χ0v) is 21.7. The number of rotatable bonds is 8. The fourth-order valence-electron chi connectivity index (χ4n) is 4.97. The molecule has 1 saturated carbocycles. The number of nitrogens with one attached hydrogen (secondary N) is 2. The summed E-state index contributed by atoms with van der Waals surface area (Å²) in [5.74, 6) is -1.41. The van der Waals surface area contributed by atoms with Gasteiger partial charge in [-0.3, -0.25) is 14.4 Å². The van der Waals surface area contributed by atoms with Crippen LogP contribution in [-0.2, 0) is 19.6 Å². The van der Waals surface area contributed by atoms with Crippen molar-refractivity contribution in [3.63, 3.8) is 0 Å². The van der Waals surface area contributed by atoms with Gasteiger partial charge in [0.25, 0.3) is 21.8 Å². The van der Waals surface area contributed by atoms with E-state index in [4.69, 9.17) is 0 Å². The van der Waals surface area contributed by atoms with Gasteiger partial charge in [0.2, 0.25) is 0 Å². The lowest BCUT2D eigenvalue weighted by atomic mass is 9.84. The highest BCUT2D eigenvalue weighted by Gasteiger charge is 2.43. The molecule has 3 heterocycles. The third-order valence-corrected chi connectivity index (χ3v) is 9.25. The summed E-state index contributed by atoms with van der Waals surface area (Å²) in [6.45, 7) is 0.523. The summed E-state index contributed by atoms with van der Waals surface area (Å²) in [4.78, 5) is 44.1. The minimum absolute atomic E-state index is 0.0270. The second-order valence-electron chi connectivity index (χ2n) is 9.39. The molecule has 2 N–H and O–H groups in total. The summed E-state index contributed by atoms with van der Waals surface area (Å²) in [5.41, 5.74) is 0.412. The summed E-state index contributed by atoms with van der Waals surface area (Å²) in [7, 11) is -4.45. The number of hydrogen-bond acceptors (Lipinski definition) is 8. The Balaban J connectivity index is 1.72. The molecule has 11 heteroatoms. The van der Waals surface area contributed by atoms with Crippen molar-refractivity contribution in [3.8, 4) is 0 Å². The van der Waals surface area contributed by atoms with E-state index in [1.165, 1.54) is 29.7 Å². The van der Waals surface area contributed by atoms with Gasteiger partial charge in [0.15, 0.2) is 10.8 Å². The maximum Gasteiger partial charge on any atom is 0.284 e. The Morgan fingerprint density at radius 2 is 1.94 bits per heavy atom. The van der Waals surface area contributed by atoms with E-state index in [1.807, 2.05) is 0 Å². The number of hydrogen-bond donors (Lipinski definition) is 2. The first-order valence-corrected chi connectivity index (χ1v) is 14.8. The summed E-state index contributed by atoms with van der Waals surface area (Å²) in [6.07, 6.45) is 7.42. The molecule has 1 unspecified atom stereocenters. The number of aromatic nitrogens is 1. The molecule has 2 atom stereocenters.